The molecule has 1 atom stereocenters. The molecule has 18 heavy (non-hydrogen) atoms. The van der Waals surface area contributed by atoms with Gasteiger partial charge in [0.2, 0.25) is 0 Å². The van der Waals surface area contributed by atoms with Crippen LogP contribution in [0.5, 0.6) is 0 Å². The lowest BCUT2D eigenvalue weighted by Crippen LogP contribution is -2.56. The van der Waals surface area contributed by atoms with E-state index in [0.717, 1.165) is 13.0 Å². The molecule has 2 nitrogen and oxygen atoms in total. The first kappa shape index (κ1) is 16.2. The fraction of sp³-hybridized carbons (Fsp3) is 0.714. The lowest BCUT2D eigenvalue weighted by atomic mass is 9.90. The molecule has 0 saturated heterocycles. The van der Waals surface area contributed by atoms with Gasteiger partial charge in [-0.15, -0.1) is 11.3 Å². The fourth-order valence-electron chi connectivity index (χ4n) is 1.86. The predicted molar refractivity (Wildman–Crippen MR) is 85.6 cm³/mol. The summed E-state index contributed by atoms with van der Waals surface area (Å²) < 4.78 is 1.22. The van der Waals surface area contributed by atoms with Gasteiger partial charge in [-0.25, -0.2) is 0 Å². The van der Waals surface area contributed by atoms with Crippen molar-refractivity contribution in [3.05, 3.63) is 20.8 Å². The molecule has 1 heterocycles. The third-order valence-corrected chi connectivity index (χ3v) is 5.33. The zero-order valence-electron chi connectivity index (χ0n) is 12.1. The maximum absolute atomic E-state index is 3.70. The molecule has 104 valence electrons. The first-order valence-corrected chi connectivity index (χ1v) is 8.14. The number of nitrogens with zero attached hydrogens (tertiary/aromatic N) is 1. The molecule has 1 aromatic heterocycles. The average Bonchev–Trinajstić information content (AvgIpc) is 2.69. The van der Waals surface area contributed by atoms with Crippen LogP contribution < -0.4 is 5.32 Å². The van der Waals surface area contributed by atoms with Crippen LogP contribution in [0.2, 0.25) is 0 Å². The highest BCUT2D eigenvalue weighted by Crippen LogP contribution is 2.26. The van der Waals surface area contributed by atoms with Crippen LogP contribution in [0.1, 0.15) is 32.1 Å². The molecule has 0 saturated carbocycles. The maximum atomic E-state index is 3.70. The molecular weight excluding hydrogens is 308 g/mol. The molecule has 1 aromatic rings. The number of hydrogen-bond donors (Lipinski definition) is 1. The molecule has 0 amide bonds. The van der Waals surface area contributed by atoms with Gasteiger partial charge in [0.25, 0.3) is 0 Å². The Balaban J connectivity index is 2.78. The molecule has 1 N–H and O–H groups in total. The van der Waals surface area contributed by atoms with Gasteiger partial charge in [-0.05, 0) is 75.4 Å². The zero-order chi connectivity index (χ0) is 13.8. The number of likely N-dealkylation sites (N-methyl/N-ethyl adjacent to an activating group) is 1. The minimum atomic E-state index is 0.144. The summed E-state index contributed by atoms with van der Waals surface area (Å²) in [5, 5.41) is 3.70. The number of rotatable bonds is 7. The Morgan fingerprint density at radius 2 is 2.06 bits per heavy atom. The summed E-state index contributed by atoms with van der Waals surface area (Å²) in [5.74, 6) is 0. The Hall–Kier alpha value is 0.1000. The zero-order valence-corrected chi connectivity index (χ0v) is 14.5. The number of nitrogens with one attached hydrogen (secondary N) is 1. The maximum Gasteiger partial charge on any atom is 0.0701 e. The lowest BCUT2D eigenvalue weighted by molar-refractivity contribution is 0.137. The van der Waals surface area contributed by atoms with Crippen LogP contribution in [0.15, 0.2) is 15.9 Å². The van der Waals surface area contributed by atoms with E-state index >= 15 is 0 Å². The molecule has 0 aliphatic rings. The molecule has 0 fully saturated rings. The van der Waals surface area contributed by atoms with Crippen LogP contribution in [-0.2, 0) is 6.42 Å². The van der Waals surface area contributed by atoms with Gasteiger partial charge in [0, 0.05) is 16.5 Å². The van der Waals surface area contributed by atoms with E-state index in [9.17, 15) is 0 Å². The van der Waals surface area contributed by atoms with Crippen LogP contribution in [0, 0.1) is 0 Å². The van der Waals surface area contributed by atoms with Crippen LogP contribution in [0.25, 0.3) is 0 Å². The molecule has 0 aromatic carbocycles. The van der Waals surface area contributed by atoms with Gasteiger partial charge in [0.15, 0.2) is 0 Å². The predicted octanol–water partition coefficient (Wildman–Crippen LogP) is 3.76. The normalized spacial score (nSPS) is 14.2. The molecule has 0 spiro atoms. The molecule has 0 aliphatic carbocycles. The first-order chi connectivity index (χ1) is 8.37. The second-order valence-corrected chi connectivity index (χ2v) is 8.01. The molecule has 0 radical (unpaired) electrons. The van der Waals surface area contributed by atoms with Gasteiger partial charge in [-0.3, -0.25) is 0 Å². The first-order valence-electron chi connectivity index (χ1n) is 6.53. The van der Waals surface area contributed by atoms with E-state index in [2.05, 4.69) is 73.1 Å². The van der Waals surface area contributed by atoms with Gasteiger partial charge >= 0.3 is 0 Å². The summed E-state index contributed by atoms with van der Waals surface area (Å²) in [5.41, 5.74) is 0.144. The minimum Gasteiger partial charge on any atom is -0.312 e. The second-order valence-electron chi connectivity index (χ2n) is 5.46. The number of thiophene rings is 1. The number of halogens is 1. The van der Waals surface area contributed by atoms with E-state index < -0.39 is 0 Å². The highest BCUT2D eigenvalue weighted by atomic mass is 79.9. The summed E-state index contributed by atoms with van der Waals surface area (Å²) in [7, 11) is 4.32. The number of hydrogen-bond acceptors (Lipinski definition) is 3. The lowest BCUT2D eigenvalue weighted by Gasteiger charge is -2.40. The third-order valence-electron chi connectivity index (χ3n) is 3.68. The SMILES string of the molecule is CCCNC(Cc1ccc(Br)s1)C(C)(C)N(C)C. The van der Waals surface area contributed by atoms with Crippen molar-refractivity contribution in [2.24, 2.45) is 0 Å². The highest BCUT2D eigenvalue weighted by molar-refractivity contribution is 9.11. The standard InChI is InChI=1S/C14H25BrN2S/c1-6-9-16-12(14(2,3)17(4)5)10-11-7-8-13(15)18-11/h7-8,12,16H,6,9-10H2,1-5H3. The van der Waals surface area contributed by atoms with Gasteiger partial charge in [-0.2, -0.15) is 0 Å². The molecule has 0 aliphatic heterocycles. The van der Waals surface area contributed by atoms with Gasteiger partial charge in [0.05, 0.1) is 3.79 Å². The van der Waals surface area contributed by atoms with Crippen molar-refractivity contribution in [1.82, 2.24) is 10.2 Å². The quantitative estimate of drug-likeness (QED) is 0.817. The Morgan fingerprint density at radius 1 is 1.39 bits per heavy atom. The van der Waals surface area contributed by atoms with E-state index in [1.165, 1.54) is 15.1 Å². The van der Waals surface area contributed by atoms with Crippen molar-refractivity contribution >= 4 is 27.3 Å². The molecule has 1 rings (SSSR count). The van der Waals surface area contributed by atoms with Crippen molar-refractivity contribution < 1.29 is 0 Å². The van der Waals surface area contributed by atoms with E-state index in [-0.39, 0.29) is 5.54 Å². The average molecular weight is 333 g/mol. The third kappa shape index (κ3) is 4.34. The molecule has 1 unspecified atom stereocenters. The van der Waals surface area contributed by atoms with Gasteiger partial charge in [0.1, 0.15) is 0 Å². The second kappa shape index (κ2) is 7.04. The smallest absolute Gasteiger partial charge is 0.0701 e. The van der Waals surface area contributed by atoms with E-state index in [1.54, 1.807) is 0 Å². The summed E-state index contributed by atoms with van der Waals surface area (Å²) in [6.45, 7) is 7.91. The van der Waals surface area contributed by atoms with Crippen LogP contribution >= 0.6 is 27.3 Å². The molecule has 0 bridgehead atoms. The Kier molecular flexibility index (Phi) is 6.31. The van der Waals surface area contributed by atoms with Crippen LogP contribution in [0.4, 0.5) is 0 Å². The fourth-order valence-corrected chi connectivity index (χ4v) is 3.39. The Morgan fingerprint density at radius 3 is 2.50 bits per heavy atom. The van der Waals surface area contributed by atoms with E-state index in [1.807, 2.05) is 11.3 Å². The summed E-state index contributed by atoms with van der Waals surface area (Å²) >= 11 is 5.38. The Labute approximate surface area is 124 Å². The van der Waals surface area contributed by atoms with Crippen LogP contribution in [-0.4, -0.2) is 37.1 Å². The summed E-state index contributed by atoms with van der Waals surface area (Å²) in [6, 6.07) is 4.83. The van der Waals surface area contributed by atoms with E-state index in [4.69, 9.17) is 0 Å². The van der Waals surface area contributed by atoms with Crippen molar-refractivity contribution in [2.75, 3.05) is 20.6 Å². The van der Waals surface area contributed by atoms with Gasteiger partial charge in [-0.1, -0.05) is 6.92 Å². The monoisotopic (exact) mass is 332 g/mol. The topological polar surface area (TPSA) is 15.3 Å². The largest absolute Gasteiger partial charge is 0.312 e. The van der Waals surface area contributed by atoms with E-state index in [0.29, 0.717) is 6.04 Å². The van der Waals surface area contributed by atoms with Crippen LogP contribution in [0.3, 0.4) is 0 Å². The van der Waals surface area contributed by atoms with Gasteiger partial charge < -0.3 is 10.2 Å². The van der Waals surface area contributed by atoms with Crippen molar-refractivity contribution in [3.8, 4) is 0 Å². The van der Waals surface area contributed by atoms with Crippen molar-refractivity contribution in [2.45, 2.75) is 45.2 Å². The minimum absolute atomic E-state index is 0.144. The highest BCUT2D eigenvalue weighted by Gasteiger charge is 2.31. The van der Waals surface area contributed by atoms with Crippen molar-refractivity contribution in [1.29, 1.82) is 0 Å². The Bertz CT molecular complexity index is 360. The summed E-state index contributed by atoms with van der Waals surface area (Å²) in [4.78, 5) is 3.74. The summed E-state index contributed by atoms with van der Waals surface area (Å²) in [6.07, 6.45) is 2.26. The molecule has 4 heteroatoms. The van der Waals surface area contributed by atoms with Crippen molar-refractivity contribution in [3.63, 3.8) is 0 Å². The molecular formula is C14H25BrN2S.